The van der Waals surface area contributed by atoms with Gasteiger partial charge in [-0.1, -0.05) is 12.8 Å². The van der Waals surface area contributed by atoms with Gasteiger partial charge in [-0.25, -0.2) is 0 Å². The normalized spacial score (nSPS) is 29.6. The van der Waals surface area contributed by atoms with Gasteiger partial charge in [-0.2, -0.15) is 0 Å². The van der Waals surface area contributed by atoms with Gasteiger partial charge in [0.25, 0.3) is 5.91 Å². The maximum Gasteiger partial charge on any atom is 0.255 e. The zero-order chi connectivity index (χ0) is 14.8. The number of aliphatic hydroxyl groups excluding tert-OH is 1. The molecular weight excluding hydrogens is 264 g/mol. The fourth-order valence-electron chi connectivity index (χ4n) is 3.84. The molecule has 4 nitrogen and oxygen atoms in total. The average Bonchev–Trinajstić information content (AvgIpc) is 2.97. The number of carbonyl (C=O) groups is 1. The second kappa shape index (κ2) is 6.14. The Kier molecular flexibility index (Phi) is 4.24. The zero-order valence-corrected chi connectivity index (χ0v) is 12.7. The van der Waals surface area contributed by atoms with E-state index in [1.54, 1.807) is 6.20 Å². The number of rotatable bonds is 2. The van der Waals surface area contributed by atoms with E-state index in [-0.39, 0.29) is 24.0 Å². The van der Waals surface area contributed by atoms with Crippen LogP contribution in [-0.4, -0.2) is 39.6 Å². The maximum atomic E-state index is 12.7. The molecule has 2 fully saturated rings. The van der Waals surface area contributed by atoms with Crippen LogP contribution < -0.4 is 0 Å². The zero-order valence-electron chi connectivity index (χ0n) is 12.7. The Balaban J connectivity index is 1.76. The van der Waals surface area contributed by atoms with E-state index in [2.05, 4.69) is 4.98 Å². The van der Waals surface area contributed by atoms with Crippen LogP contribution in [0.4, 0.5) is 0 Å². The van der Waals surface area contributed by atoms with Gasteiger partial charge in [0.1, 0.15) is 0 Å². The van der Waals surface area contributed by atoms with Crippen LogP contribution in [-0.2, 0) is 0 Å². The number of hydrogen-bond donors (Lipinski definition) is 1. The van der Waals surface area contributed by atoms with Crippen molar-refractivity contribution in [2.24, 2.45) is 5.92 Å². The summed E-state index contributed by atoms with van der Waals surface area (Å²) in [6.07, 6.45) is 7.70. The minimum atomic E-state index is -0.242. The average molecular weight is 288 g/mol. The van der Waals surface area contributed by atoms with Crippen LogP contribution in [0.5, 0.6) is 0 Å². The van der Waals surface area contributed by atoms with Gasteiger partial charge in [-0.05, 0) is 44.7 Å². The highest BCUT2D eigenvalue weighted by atomic mass is 16.3. The van der Waals surface area contributed by atoms with Crippen molar-refractivity contribution >= 4 is 5.91 Å². The topological polar surface area (TPSA) is 53.4 Å². The van der Waals surface area contributed by atoms with Crippen LogP contribution in [0.15, 0.2) is 18.3 Å². The maximum absolute atomic E-state index is 12.7. The Morgan fingerprint density at radius 2 is 2.05 bits per heavy atom. The molecule has 1 aromatic rings. The Morgan fingerprint density at radius 1 is 1.24 bits per heavy atom. The number of nitrogens with zero attached hydrogens (tertiary/aromatic N) is 2. The van der Waals surface area contributed by atoms with E-state index in [0.717, 1.165) is 44.3 Å². The third kappa shape index (κ3) is 2.95. The quantitative estimate of drug-likeness (QED) is 0.910. The molecule has 4 heteroatoms. The predicted octanol–water partition coefficient (Wildman–Crippen LogP) is 2.55. The smallest absolute Gasteiger partial charge is 0.255 e. The van der Waals surface area contributed by atoms with Gasteiger partial charge in [-0.3, -0.25) is 9.78 Å². The molecular formula is C17H24N2O2. The van der Waals surface area contributed by atoms with Crippen molar-refractivity contribution in [1.29, 1.82) is 0 Å². The molecule has 1 aromatic heterocycles. The van der Waals surface area contributed by atoms with Crippen LogP contribution in [0.2, 0.25) is 0 Å². The molecule has 3 atom stereocenters. The Morgan fingerprint density at radius 3 is 2.76 bits per heavy atom. The van der Waals surface area contributed by atoms with Crippen molar-refractivity contribution in [2.45, 2.75) is 57.6 Å². The third-order valence-electron chi connectivity index (χ3n) is 4.99. The summed E-state index contributed by atoms with van der Waals surface area (Å²) in [7, 11) is 0. The first-order chi connectivity index (χ1) is 10.2. The van der Waals surface area contributed by atoms with E-state index < -0.39 is 0 Å². The molecule has 1 N–H and O–H groups in total. The first kappa shape index (κ1) is 14.5. The monoisotopic (exact) mass is 288 g/mol. The molecule has 21 heavy (non-hydrogen) atoms. The fraction of sp³-hybridized carbons (Fsp3) is 0.647. The van der Waals surface area contributed by atoms with Crippen LogP contribution in [0.25, 0.3) is 0 Å². The number of aliphatic hydroxyl groups is 1. The molecule has 3 rings (SSSR count). The van der Waals surface area contributed by atoms with Gasteiger partial charge in [0.2, 0.25) is 0 Å². The Labute approximate surface area is 126 Å². The number of hydrogen-bond acceptors (Lipinski definition) is 3. The molecule has 1 saturated heterocycles. The lowest BCUT2D eigenvalue weighted by Gasteiger charge is -2.37. The molecule has 0 unspecified atom stereocenters. The summed E-state index contributed by atoms with van der Waals surface area (Å²) in [5, 5.41) is 10.3. The van der Waals surface area contributed by atoms with Crippen LogP contribution in [0.1, 0.15) is 54.6 Å². The minimum absolute atomic E-state index is 0.0720. The van der Waals surface area contributed by atoms with Crippen molar-refractivity contribution in [1.82, 2.24) is 9.88 Å². The third-order valence-corrected chi connectivity index (χ3v) is 4.99. The number of aromatic nitrogens is 1. The molecule has 1 aliphatic carbocycles. The van der Waals surface area contributed by atoms with E-state index in [0.29, 0.717) is 5.56 Å². The molecule has 0 radical (unpaired) electrons. The largest absolute Gasteiger partial charge is 0.393 e. The molecule has 0 spiro atoms. The highest BCUT2D eigenvalue weighted by molar-refractivity contribution is 5.94. The van der Waals surface area contributed by atoms with Gasteiger partial charge in [0, 0.05) is 30.4 Å². The lowest BCUT2D eigenvalue weighted by molar-refractivity contribution is 0.0211. The summed E-state index contributed by atoms with van der Waals surface area (Å²) < 4.78 is 0. The summed E-state index contributed by atoms with van der Waals surface area (Å²) in [6, 6.07) is 3.94. The summed E-state index contributed by atoms with van der Waals surface area (Å²) in [6.45, 7) is 2.73. The second-order valence-electron chi connectivity index (χ2n) is 6.41. The number of aryl methyl sites for hydroxylation is 1. The van der Waals surface area contributed by atoms with Gasteiger partial charge in [-0.15, -0.1) is 0 Å². The van der Waals surface area contributed by atoms with E-state index in [1.807, 2.05) is 24.0 Å². The molecule has 0 aromatic carbocycles. The van der Waals surface area contributed by atoms with Crippen molar-refractivity contribution in [3.63, 3.8) is 0 Å². The second-order valence-corrected chi connectivity index (χ2v) is 6.41. The van der Waals surface area contributed by atoms with E-state index in [1.165, 1.54) is 6.42 Å². The first-order valence-corrected chi connectivity index (χ1v) is 8.08. The predicted molar refractivity (Wildman–Crippen MR) is 81.0 cm³/mol. The van der Waals surface area contributed by atoms with Crippen LogP contribution >= 0.6 is 0 Å². The lowest BCUT2D eigenvalue weighted by Crippen LogP contribution is -2.45. The Bertz CT molecular complexity index is 500. The van der Waals surface area contributed by atoms with Gasteiger partial charge in [0.05, 0.1) is 11.7 Å². The van der Waals surface area contributed by atoms with Gasteiger partial charge in [0.15, 0.2) is 0 Å². The van der Waals surface area contributed by atoms with E-state index in [9.17, 15) is 9.90 Å². The Hall–Kier alpha value is -1.42. The molecule has 1 aliphatic heterocycles. The molecule has 114 valence electrons. The first-order valence-electron chi connectivity index (χ1n) is 8.08. The molecule has 1 saturated carbocycles. The summed E-state index contributed by atoms with van der Waals surface area (Å²) in [4.78, 5) is 18.9. The summed E-state index contributed by atoms with van der Waals surface area (Å²) >= 11 is 0. The molecule has 2 heterocycles. The number of pyridine rings is 1. The van der Waals surface area contributed by atoms with Crippen molar-refractivity contribution in [3.05, 3.63) is 29.6 Å². The fourth-order valence-corrected chi connectivity index (χ4v) is 3.84. The summed E-state index contributed by atoms with van der Waals surface area (Å²) in [5.41, 5.74) is 1.59. The van der Waals surface area contributed by atoms with Crippen molar-refractivity contribution < 1.29 is 9.90 Å². The van der Waals surface area contributed by atoms with Gasteiger partial charge < -0.3 is 10.0 Å². The number of carbonyl (C=O) groups excluding carboxylic acids is 1. The highest BCUT2D eigenvalue weighted by Gasteiger charge is 2.39. The number of amides is 1. The molecule has 1 amide bonds. The van der Waals surface area contributed by atoms with Crippen molar-refractivity contribution in [2.75, 3.05) is 6.54 Å². The SMILES string of the molecule is Cc1ccc(C(=O)N2CCC[C@@H]2[C@H]2CCCC[C@H]2O)cn1. The molecule has 0 bridgehead atoms. The van der Waals surface area contributed by atoms with Gasteiger partial charge >= 0.3 is 0 Å². The minimum Gasteiger partial charge on any atom is -0.393 e. The number of likely N-dealkylation sites (tertiary alicyclic amines) is 1. The van der Waals surface area contributed by atoms with Crippen molar-refractivity contribution in [3.8, 4) is 0 Å². The standard InChI is InChI=1S/C17H24N2O2/c1-12-8-9-13(11-18-12)17(21)19-10-4-6-15(19)14-5-2-3-7-16(14)20/h8-9,11,14-16,20H,2-7,10H2,1H3/t14-,15-,16-/m1/s1. The lowest BCUT2D eigenvalue weighted by atomic mass is 9.80. The van der Waals surface area contributed by atoms with Crippen LogP contribution in [0, 0.1) is 12.8 Å². The van der Waals surface area contributed by atoms with Crippen LogP contribution in [0.3, 0.4) is 0 Å². The summed E-state index contributed by atoms with van der Waals surface area (Å²) in [5.74, 6) is 0.325. The van der Waals surface area contributed by atoms with E-state index >= 15 is 0 Å². The van der Waals surface area contributed by atoms with E-state index in [4.69, 9.17) is 0 Å². The highest BCUT2D eigenvalue weighted by Crippen LogP contribution is 2.35. The molecule has 2 aliphatic rings.